The third kappa shape index (κ3) is 3.14. The normalized spacial score (nSPS) is 28.8. The van der Waals surface area contributed by atoms with Crippen LogP contribution in [0, 0.1) is 5.92 Å². The quantitative estimate of drug-likeness (QED) is 0.729. The zero-order valence-electron chi connectivity index (χ0n) is 8.75. The summed E-state index contributed by atoms with van der Waals surface area (Å²) in [6.07, 6.45) is 1.75. The first kappa shape index (κ1) is 11.8. The van der Waals surface area contributed by atoms with Crippen molar-refractivity contribution in [1.82, 2.24) is 5.32 Å². The number of halogens is 1. The number of hydrogen-bond donors (Lipinski definition) is 1. The molecule has 0 aromatic heterocycles. The number of ether oxygens (including phenoxy) is 1. The van der Waals surface area contributed by atoms with Crippen LogP contribution >= 0.6 is 11.6 Å². The summed E-state index contributed by atoms with van der Waals surface area (Å²) in [7, 11) is 0. The van der Waals surface area contributed by atoms with E-state index in [1.165, 1.54) is 0 Å². The molecule has 1 aliphatic rings. The lowest BCUT2D eigenvalue weighted by molar-refractivity contribution is -0.126. The van der Waals surface area contributed by atoms with E-state index >= 15 is 0 Å². The molecule has 1 N–H and O–H groups in total. The van der Waals surface area contributed by atoms with Gasteiger partial charge in [-0.3, -0.25) is 4.79 Å². The Hall–Kier alpha value is -0.280. The maximum Gasteiger partial charge on any atom is 0.225 e. The molecule has 1 saturated heterocycles. The van der Waals surface area contributed by atoms with Crippen LogP contribution in [0.15, 0.2) is 0 Å². The smallest absolute Gasteiger partial charge is 0.225 e. The molecular formula is C10H18ClNO2. The average molecular weight is 220 g/mol. The van der Waals surface area contributed by atoms with Crippen LogP contribution in [-0.4, -0.2) is 30.5 Å². The fourth-order valence-electron chi connectivity index (χ4n) is 1.56. The van der Waals surface area contributed by atoms with E-state index in [9.17, 15) is 4.79 Å². The molecular weight excluding hydrogens is 202 g/mol. The molecule has 1 amide bonds. The topological polar surface area (TPSA) is 38.3 Å². The van der Waals surface area contributed by atoms with Crippen molar-refractivity contribution >= 4 is 17.5 Å². The lowest BCUT2D eigenvalue weighted by Crippen LogP contribution is -2.37. The highest BCUT2D eigenvalue weighted by Gasteiger charge is 2.30. The summed E-state index contributed by atoms with van der Waals surface area (Å²) in [5.41, 5.74) is 0. The van der Waals surface area contributed by atoms with Crippen molar-refractivity contribution in [3.63, 3.8) is 0 Å². The zero-order chi connectivity index (χ0) is 10.6. The molecule has 4 heteroatoms. The van der Waals surface area contributed by atoms with Gasteiger partial charge in [0.05, 0.1) is 17.4 Å². The number of hydrogen-bond acceptors (Lipinski definition) is 2. The van der Waals surface area contributed by atoms with Crippen molar-refractivity contribution in [2.45, 2.75) is 38.2 Å². The lowest BCUT2D eigenvalue weighted by Gasteiger charge is -2.15. The van der Waals surface area contributed by atoms with Crippen molar-refractivity contribution in [1.29, 1.82) is 0 Å². The van der Waals surface area contributed by atoms with E-state index in [1.54, 1.807) is 0 Å². The summed E-state index contributed by atoms with van der Waals surface area (Å²) < 4.78 is 5.33. The van der Waals surface area contributed by atoms with E-state index in [-0.39, 0.29) is 23.3 Å². The second-order valence-corrected chi connectivity index (χ2v) is 4.34. The molecule has 0 spiro atoms. The third-order valence-corrected chi connectivity index (χ3v) is 3.12. The van der Waals surface area contributed by atoms with Crippen LogP contribution in [0.2, 0.25) is 0 Å². The van der Waals surface area contributed by atoms with Crippen LogP contribution in [0.25, 0.3) is 0 Å². The molecule has 0 radical (unpaired) electrons. The Balaban J connectivity index is 2.27. The molecule has 3 unspecified atom stereocenters. The van der Waals surface area contributed by atoms with Crippen molar-refractivity contribution in [2.75, 3.05) is 13.2 Å². The highest BCUT2D eigenvalue weighted by atomic mass is 35.5. The highest BCUT2D eigenvalue weighted by Crippen LogP contribution is 2.20. The summed E-state index contributed by atoms with van der Waals surface area (Å²) in [5.74, 6) is 0.0878. The highest BCUT2D eigenvalue weighted by molar-refractivity contribution is 6.20. The van der Waals surface area contributed by atoms with Crippen LogP contribution in [0.3, 0.4) is 0 Å². The number of carbonyl (C=O) groups excluding carboxylic acids is 1. The van der Waals surface area contributed by atoms with E-state index in [0.717, 1.165) is 12.8 Å². The molecule has 1 rings (SSSR count). The van der Waals surface area contributed by atoms with Crippen LogP contribution in [0.4, 0.5) is 0 Å². The molecule has 0 saturated carbocycles. The second-order valence-electron chi connectivity index (χ2n) is 3.72. The maximum absolute atomic E-state index is 11.6. The molecule has 0 bridgehead atoms. The molecule has 82 valence electrons. The van der Waals surface area contributed by atoms with Crippen LogP contribution in [-0.2, 0) is 9.53 Å². The van der Waals surface area contributed by atoms with Gasteiger partial charge in [-0.2, -0.15) is 0 Å². The summed E-state index contributed by atoms with van der Waals surface area (Å²) in [4.78, 5) is 11.6. The minimum absolute atomic E-state index is 0.00993. The fraction of sp³-hybridized carbons (Fsp3) is 0.900. The zero-order valence-corrected chi connectivity index (χ0v) is 9.51. The van der Waals surface area contributed by atoms with Gasteiger partial charge in [-0.25, -0.2) is 0 Å². The van der Waals surface area contributed by atoms with Crippen molar-refractivity contribution in [2.24, 2.45) is 5.92 Å². The Bertz CT molecular complexity index is 199. The summed E-state index contributed by atoms with van der Waals surface area (Å²) in [6.45, 7) is 5.19. The monoisotopic (exact) mass is 219 g/mol. The first-order chi connectivity index (χ1) is 6.65. The largest absolute Gasteiger partial charge is 0.378 e. The Morgan fingerprint density at radius 3 is 2.93 bits per heavy atom. The molecule has 3 atom stereocenters. The van der Waals surface area contributed by atoms with Gasteiger partial charge in [-0.15, -0.1) is 11.6 Å². The minimum Gasteiger partial charge on any atom is -0.378 e. The van der Waals surface area contributed by atoms with Gasteiger partial charge in [0.25, 0.3) is 0 Å². The van der Waals surface area contributed by atoms with Gasteiger partial charge in [0.1, 0.15) is 0 Å². The van der Waals surface area contributed by atoms with Gasteiger partial charge in [-0.1, -0.05) is 6.92 Å². The first-order valence-electron chi connectivity index (χ1n) is 5.18. The number of alkyl halides is 1. The van der Waals surface area contributed by atoms with E-state index in [1.807, 2.05) is 13.8 Å². The van der Waals surface area contributed by atoms with Gasteiger partial charge in [0.15, 0.2) is 0 Å². The molecule has 1 aliphatic heterocycles. The molecule has 3 nitrogen and oxygen atoms in total. The molecule has 1 fully saturated rings. The van der Waals surface area contributed by atoms with Crippen LogP contribution in [0.1, 0.15) is 26.7 Å². The molecule has 1 heterocycles. The Morgan fingerprint density at radius 1 is 1.71 bits per heavy atom. The van der Waals surface area contributed by atoms with E-state index in [0.29, 0.717) is 13.2 Å². The SMILES string of the molecule is CCC(Cl)CNC(=O)C1CCOC1C. The molecule has 0 aromatic carbocycles. The maximum atomic E-state index is 11.6. The summed E-state index contributed by atoms with van der Waals surface area (Å²) in [5, 5.41) is 2.89. The van der Waals surface area contributed by atoms with Gasteiger partial charge < -0.3 is 10.1 Å². The van der Waals surface area contributed by atoms with E-state index < -0.39 is 0 Å². The summed E-state index contributed by atoms with van der Waals surface area (Å²) in [6, 6.07) is 0. The van der Waals surface area contributed by atoms with Crippen molar-refractivity contribution in [3.8, 4) is 0 Å². The van der Waals surface area contributed by atoms with Crippen LogP contribution < -0.4 is 5.32 Å². The number of nitrogens with one attached hydrogen (secondary N) is 1. The Kier molecular flexibility index (Phi) is 4.69. The van der Waals surface area contributed by atoms with Gasteiger partial charge in [0, 0.05) is 13.2 Å². The van der Waals surface area contributed by atoms with Crippen molar-refractivity contribution < 1.29 is 9.53 Å². The first-order valence-corrected chi connectivity index (χ1v) is 5.62. The third-order valence-electron chi connectivity index (χ3n) is 2.65. The average Bonchev–Trinajstić information content (AvgIpc) is 2.60. The number of amides is 1. The fourth-order valence-corrected chi connectivity index (χ4v) is 1.64. The Labute approximate surface area is 90.1 Å². The standard InChI is InChI=1S/C10H18ClNO2/c1-3-8(11)6-12-10(13)9-4-5-14-7(9)2/h7-9H,3-6H2,1-2H3,(H,12,13). The second kappa shape index (κ2) is 5.56. The van der Waals surface area contributed by atoms with Gasteiger partial charge in [0.2, 0.25) is 5.91 Å². The Morgan fingerprint density at radius 2 is 2.43 bits per heavy atom. The van der Waals surface area contributed by atoms with E-state index in [2.05, 4.69) is 5.32 Å². The van der Waals surface area contributed by atoms with Crippen molar-refractivity contribution in [3.05, 3.63) is 0 Å². The lowest BCUT2D eigenvalue weighted by atomic mass is 10.0. The minimum atomic E-state index is 0.00993. The predicted molar refractivity (Wildman–Crippen MR) is 56.5 cm³/mol. The van der Waals surface area contributed by atoms with E-state index in [4.69, 9.17) is 16.3 Å². The number of carbonyl (C=O) groups is 1. The van der Waals surface area contributed by atoms with Crippen LogP contribution in [0.5, 0.6) is 0 Å². The van der Waals surface area contributed by atoms with Gasteiger partial charge in [-0.05, 0) is 19.8 Å². The van der Waals surface area contributed by atoms with Gasteiger partial charge >= 0.3 is 0 Å². The molecule has 14 heavy (non-hydrogen) atoms. The summed E-state index contributed by atoms with van der Waals surface area (Å²) >= 11 is 5.91. The number of rotatable bonds is 4. The molecule has 0 aromatic rings. The predicted octanol–water partition coefficient (Wildman–Crippen LogP) is 1.54. The molecule has 0 aliphatic carbocycles.